The normalized spacial score (nSPS) is 22.4. The Morgan fingerprint density at radius 2 is 2.10 bits per heavy atom. The van der Waals surface area contributed by atoms with Crippen molar-refractivity contribution in [3.63, 3.8) is 0 Å². The summed E-state index contributed by atoms with van der Waals surface area (Å²) in [6.07, 6.45) is 3.45. The van der Waals surface area contributed by atoms with Crippen LogP contribution in [0.5, 0.6) is 5.75 Å². The number of aliphatic hydroxyl groups is 1. The molecule has 0 atom stereocenters. The molecule has 110 valence electrons. The summed E-state index contributed by atoms with van der Waals surface area (Å²) in [5.74, 6) is 0.917. The summed E-state index contributed by atoms with van der Waals surface area (Å²) in [7, 11) is 1.56. The van der Waals surface area contributed by atoms with Crippen molar-refractivity contribution in [2.24, 2.45) is 5.92 Å². The Balaban J connectivity index is 1.92. The van der Waals surface area contributed by atoms with Gasteiger partial charge in [-0.15, -0.1) is 0 Å². The van der Waals surface area contributed by atoms with Gasteiger partial charge in [-0.25, -0.2) is 0 Å². The van der Waals surface area contributed by atoms with E-state index in [-0.39, 0.29) is 12.0 Å². The van der Waals surface area contributed by atoms with Crippen molar-refractivity contribution in [3.05, 3.63) is 28.2 Å². The van der Waals surface area contributed by atoms with E-state index in [9.17, 15) is 9.90 Å². The van der Waals surface area contributed by atoms with Gasteiger partial charge in [0, 0.05) is 11.0 Å². The van der Waals surface area contributed by atoms with E-state index in [1.807, 2.05) is 6.07 Å². The summed E-state index contributed by atoms with van der Waals surface area (Å²) < 4.78 is 6.11. The third kappa shape index (κ3) is 3.96. The van der Waals surface area contributed by atoms with Crippen molar-refractivity contribution in [1.82, 2.24) is 5.32 Å². The van der Waals surface area contributed by atoms with Gasteiger partial charge in [-0.3, -0.25) is 4.79 Å². The van der Waals surface area contributed by atoms with Crippen LogP contribution in [-0.4, -0.2) is 30.8 Å². The molecule has 1 aliphatic carbocycles. The van der Waals surface area contributed by atoms with Crippen LogP contribution >= 0.6 is 15.9 Å². The number of carbonyl (C=O) groups excluding carboxylic acids is 1. The molecule has 20 heavy (non-hydrogen) atoms. The van der Waals surface area contributed by atoms with Crippen LogP contribution in [-0.2, 0) is 0 Å². The average molecular weight is 342 g/mol. The van der Waals surface area contributed by atoms with Gasteiger partial charge in [0.05, 0.1) is 18.8 Å². The second-order valence-corrected chi connectivity index (χ2v) is 6.14. The first kappa shape index (κ1) is 15.3. The molecule has 1 aromatic rings. The number of ether oxygens (including phenoxy) is 1. The Morgan fingerprint density at radius 1 is 1.40 bits per heavy atom. The fraction of sp³-hybridized carbons (Fsp3) is 0.533. The fourth-order valence-electron chi connectivity index (χ4n) is 2.53. The number of aliphatic hydroxyl groups excluding tert-OH is 1. The average Bonchev–Trinajstić information content (AvgIpc) is 2.46. The second kappa shape index (κ2) is 7.09. The molecule has 0 unspecified atom stereocenters. The smallest absolute Gasteiger partial charge is 0.255 e. The van der Waals surface area contributed by atoms with Gasteiger partial charge in [0.2, 0.25) is 0 Å². The molecule has 0 aliphatic heterocycles. The molecule has 4 nitrogen and oxygen atoms in total. The maximum Gasteiger partial charge on any atom is 0.255 e. The Morgan fingerprint density at radius 3 is 2.75 bits per heavy atom. The molecule has 2 rings (SSSR count). The van der Waals surface area contributed by atoms with E-state index in [4.69, 9.17) is 4.74 Å². The van der Waals surface area contributed by atoms with E-state index in [1.54, 1.807) is 19.2 Å². The minimum atomic E-state index is -0.159. The number of nitrogens with one attached hydrogen (secondary N) is 1. The molecule has 1 aromatic carbocycles. The Hall–Kier alpha value is -1.07. The molecule has 0 spiro atoms. The van der Waals surface area contributed by atoms with Gasteiger partial charge in [-0.2, -0.15) is 0 Å². The molecule has 0 heterocycles. The van der Waals surface area contributed by atoms with Crippen LogP contribution < -0.4 is 10.1 Å². The highest BCUT2D eigenvalue weighted by Gasteiger charge is 2.20. The van der Waals surface area contributed by atoms with Crippen molar-refractivity contribution >= 4 is 21.8 Å². The Kier molecular flexibility index (Phi) is 5.43. The molecule has 0 aromatic heterocycles. The summed E-state index contributed by atoms with van der Waals surface area (Å²) in [6.45, 7) is 0.658. The van der Waals surface area contributed by atoms with Crippen LogP contribution in [0.15, 0.2) is 22.7 Å². The third-order valence-corrected chi connectivity index (χ3v) is 4.27. The quantitative estimate of drug-likeness (QED) is 0.885. The molecule has 1 fully saturated rings. The number of hydrogen-bond acceptors (Lipinski definition) is 3. The lowest BCUT2D eigenvalue weighted by molar-refractivity contribution is 0.0907. The first-order chi connectivity index (χ1) is 9.60. The van der Waals surface area contributed by atoms with Crippen LogP contribution in [0, 0.1) is 5.92 Å². The molecule has 5 heteroatoms. The highest BCUT2D eigenvalue weighted by Crippen LogP contribution is 2.25. The largest absolute Gasteiger partial charge is 0.496 e. The zero-order valence-corrected chi connectivity index (χ0v) is 13.1. The van der Waals surface area contributed by atoms with Crippen LogP contribution in [0.1, 0.15) is 36.0 Å². The zero-order chi connectivity index (χ0) is 14.5. The second-order valence-electron chi connectivity index (χ2n) is 5.23. The number of amides is 1. The zero-order valence-electron chi connectivity index (χ0n) is 11.6. The van der Waals surface area contributed by atoms with Crippen molar-refractivity contribution in [1.29, 1.82) is 0 Å². The lowest BCUT2D eigenvalue weighted by atomic mass is 9.87. The van der Waals surface area contributed by atoms with Crippen molar-refractivity contribution < 1.29 is 14.6 Å². The van der Waals surface area contributed by atoms with E-state index in [1.165, 1.54) is 0 Å². The molecular weight excluding hydrogens is 322 g/mol. The molecule has 0 saturated heterocycles. The number of hydrogen-bond donors (Lipinski definition) is 2. The van der Waals surface area contributed by atoms with Gasteiger partial charge in [-0.05, 0) is 49.8 Å². The summed E-state index contributed by atoms with van der Waals surface area (Å²) in [4.78, 5) is 12.2. The maximum absolute atomic E-state index is 12.2. The number of benzene rings is 1. The van der Waals surface area contributed by atoms with Gasteiger partial charge in [-0.1, -0.05) is 15.9 Å². The van der Waals surface area contributed by atoms with Gasteiger partial charge in [0.15, 0.2) is 0 Å². The number of carbonyl (C=O) groups is 1. The first-order valence-corrected chi connectivity index (χ1v) is 7.69. The maximum atomic E-state index is 12.2. The van der Waals surface area contributed by atoms with E-state index in [2.05, 4.69) is 21.2 Å². The van der Waals surface area contributed by atoms with Gasteiger partial charge < -0.3 is 15.2 Å². The highest BCUT2D eigenvalue weighted by atomic mass is 79.9. The van der Waals surface area contributed by atoms with Crippen molar-refractivity contribution in [3.8, 4) is 5.75 Å². The minimum absolute atomic E-state index is 0.111. The number of rotatable bonds is 4. The molecule has 1 saturated carbocycles. The van der Waals surface area contributed by atoms with Crippen LogP contribution in [0.3, 0.4) is 0 Å². The highest BCUT2D eigenvalue weighted by molar-refractivity contribution is 9.10. The Labute approximate surface area is 127 Å². The standard InChI is InChI=1S/C15H20BrNO3/c1-20-14-8-11(16)4-7-13(14)15(19)17-9-10-2-5-12(18)6-3-10/h4,7-8,10,12,18H,2-3,5-6,9H2,1H3,(H,17,19). The summed E-state index contributed by atoms with van der Waals surface area (Å²) in [5.41, 5.74) is 0.548. The molecule has 0 radical (unpaired) electrons. The predicted molar refractivity (Wildman–Crippen MR) is 81.0 cm³/mol. The number of methoxy groups -OCH3 is 1. The lowest BCUT2D eigenvalue weighted by Gasteiger charge is -2.25. The summed E-state index contributed by atoms with van der Waals surface area (Å²) >= 11 is 3.36. The molecule has 1 aliphatic rings. The fourth-order valence-corrected chi connectivity index (χ4v) is 2.87. The van der Waals surface area contributed by atoms with E-state index in [0.717, 1.165) is 30.2 Å². The van der Waals surface area contributed by atoms with Gasteiger partial charge in [0.1, 0.15) is 5.75 Å². The molecule has 0 bridgehead atoms. The van der Waals surface area contributed by atoms with Gasteiger partial charge >= 0.3 is 0 Å². The molecular formula is C15H20BrNO3. The Bertz CT molecular complexity index is 470. The number of halogens is 1. The minimum Gasteiger partial charge on any atom is -0.496 e. The summed E-state index contributed by atoms with van der Waals surface area (Å²) in [5, 5.41) is 12.4. The third-order valence-electron chi connectivity index (χ3n) is 3.78. The van der Waals surface area contributed by atoms with Crippen LogP contribution in [0.25, 0.3) is 0 Å². The van der Waals surface area contributed by atoms with E-state index >= 15 is 0 Å². The molecule has 2 N–H and O–H groups in total. The van der Waals surface area contributed by atoms with Crippen molar-refractivity contribution in [2.45, 2.75) is 31.8 Å². The van der Waals surface area contributed by atoms with E-state index < -0.39 is 0 Å². The first-order valence-electron chi connectivity index (χ1n) is 6.90. The van der Waals surface area contributed by atoms with Crippen LogP contribution in [0.2, 0.25) is 0 Å². The molecule has 1 amide bonds. The predicted octanol–water partition coefficient (Wildman–Crippen LogP) is 2.74. The topological polar surface area (TPSA) is 58.6 Å². The monoisotopic (exact) mass is 341 g/mol. The van der Waals surface area contributed by atoms with Gasteiger partial charge in [0.25, 0.3) is 5.91 Å². The lowest BCUT2D eigenvalue weighted by Crippen LogP contribution is -2.32. The SMILES string of the molecule is COc1cc(Br)ccc1C(=O)NCC1CCC(O)CC1. The van der Waals surface area contributed by atoms with E-state index in [0.29, 0.717) is 23.8 Å². The van der Waals surface area contributed by atoms with Crippen LogP contribution in [0.4, 0.5) is 0 Å². The van der Waals surface area contributed by atoms with Crippen molar-refractivity contribution in [2.75, 3.05) is 13.7 Å². The summed E-state index contributed by atoms with van der Waals surface area (Å²) in [6, 6.07) is 5.36.